The molecular formula is C10H14BrN3O2. The van der Waals surface area contributed by atoms with Gasteiger partial charge in [0.15, 0.2) is 0 Å². The maximum atomic E-state index is 9.05. The van der Waals surface area contributed by atoms with Crippen LogP contribution in [0.25, 0.3) is 0 Å². The maximum Gasteiger partial charge on any atom is 0.225 e. The van der Waals surface area contributed by atoms with Crippen LogP contribution in [0.1, 0.15) is 5.69 Å². The zero-order valence-corrected chi connectivity index (χ0v) is 10.6. The molecule has 1 saturated heterocycles. The van der Waals surface area contributed by atoms with E-state index in [4.69, 9.17) is 9.84 Å². The average molecular weight is 288 g/mol. The Morgan fingerprint density at radius 3 is 3.19 bits per heavy atom. The summed E-state index contributed by atoms with van der Waals surface area (Å²) in [6.45, 7) is 3.96. The molecule has 1 atom stereocenters. The Kier molecular flexibility index (Phi) is 3.73. The predicted molar refractivity (Wildman–Crippen MR) is 63.5 cm³/mol. The van der Waals surface area contributed by atoms with Gasteiger partial charge in [-0.2, -0.15) is 0 Å². The van der Waals surface area contributed by atoms with E-state index in [1.165, 1.54) is 0 Å². The largest absolute Gasteiger partial charge is 0.394 e. The number of morpholine rings is 1. The molecule has 2 rings (SSSR count). The number of rotatable bonds is 2. The lowest BCUT2D eigenvalue weighted by molar-refractivity contribution is 0.00313. The highest BCUT2D eigenvalue weighted by molar-refractivity contribution is 9.10. The van der Waals surface area contributed by atoms with Gasteiger partial charge in [-0.1, -0.05) is 0 Å². The number of aryl methyl sites for hydroxylation is 1. The second kappa shape index (κ2) is 5.07. The van der Waals surface area contributed by atoms with Crippen molar-refractivity contribution in [3.05, 3.63) is 16.4 Å². The van der Waals surface area contributed by atoms with Gasteiger partial charge in [0.25, 0.3) is 0 Å². The van der Waals surface area contributed by atoms with Gasteiger partial charge in [0.1, 0.15) is 0 Å². The van der Waals surface area contributed by atoms with E-state index in [0.29, 0.717) is 19.1 Å². The molecule has 0 spiro atoms. The van der Waals surface area contributed by atoms with Crippen LogP contribution in [0.5, 0.6) is 0 Å². The molecule has 2 heterocycles. The number of aliphatic hydroxyl groups is 1. The van der Waals surface area contributed by atoms with E-state index in [0.717, 1.165) is 16.7 Å². The minimum atomic E-state index is -0.138. The van der Waals surface area contributed by atoms with Gasteiger partial charge in [0, 0.05) is 19.3 Å². The van der Waals surface area contributed by atoms with Crippen LogP contribution in [0.2, 0.25) is 0 Å². The summed E-state index contributed by atoms with van der Waals surface area (Å²) in [6, 6.07) is 0. The molecule has 6 heteroatoms. The fraction of sp³-hybridized carbons (Fsp3) is 0.600. The van der Waals surface area contributed by atoms with Crippen LogP contribution in [-0.4, -0.2) is 47.5 Å². The summed E-state index contributed by atoms with van der Waals surface area (Å²) in [7, 11) is 0. The Hall–Kier alpha value is -0.720. The van der Waals surface area contributed by atoms with E-state index in [1.807, 2.05) is 11.8 Å². The van der Waals surface area contributed by atoms with Gasteiger partial charge in [-0.3, -0.25) is 0 Å². The van der Waals surface area contributed by atoms with Crippen LogP contribution >= 0.6 is 15.9 Å². The van der Waals surface area contributed by atoms with Gasteiger partial charge in [0.05, 0.1) is 29.5 Å². The van der Waals surface area contributed by atoms with Crippen LogP contribution in [0.15, 0.2) is 10.7 Å². The number of halogens is 1. The molecule has 0 radical (unpaired) electrons. The van der Waals surface area contributed by atoms with Gasteiger partial charge in [-0.15, -0.1) is 0 Å². The van der Waals surface area contributed by atoms with Crippen LogP contribution in [0.3, 0.4) is 0 Å². The Balaban J connectivity index is 2.13. The van der Waals surface area contributed by atoms with Crippen LogP contribution in [-0.2, 0) is 4.74 Å². The van der Waals surface area contributed by atoms with E-state index in [-0.39, 0.29) is 12.7 Å². The van der Waals surface area contributed by atoms with Crippen molar-refractivity contribution in [1.82, 2.24) is 9.97 Å². The summed E-state index contributed by atoms with van der Waals surface area (Å²) in [6.07, 6.45) is 1.61. The number of aliphatic hydroxyl groups excluding tert-OH is 1. The number of nitrogens with zero attached hydrogens (tertiary/aromatic N) is 3. The van der Waals surface area contributed by atoms with Crippen molar-refractivity contribution < 1.29 is 9.84 Å². The average Bonchev–Trinajstić information content (AvgIpc) is 2.33. The van der Waals surface area contributed by atoms with Gasteiger partial charge in [-0.05, 0) is 22.9 Å². The quantitative estimate of drug-likeness (QED) is 0.870. The normalized spacial score (nSPS) is 21.2. The molecule has 5 nitrogen and oxygen atoms in total. The third kappa shape index (κ3) is 2.50. The van der Waals surface area contributed by atoms with E-state index in [1.54, 1.807) is 6.20 Å². The first-order valence-corrected chi connectivity index (χ1v) is 5.96. The van der Waals surface area contributed by atoms with Crippen molar-refractivity contribution in [2.24, 2.45) is 0 Å². The van der Waals surface area contributed by atoms with Crippen LogP contribution in [0.4, 0.5) is 5.95 Å². The molecule has 16 heavy (non-hydrogen) atoms. The highest BCUT2D eigenvalue weighted by Gasteiger charge is 2.21. The third-order valence-corrected chi connectivity index (χ3v) is 3.31. The fourth-order valence-corrected chi connectivity index (χ4v) is 1.79. The van der Waals surface area contributed by atoms with Gasteiger partial charge < -0.3 is 14.7 Å². The molecule has 88 valence electrons. The molecule has 0 aromatic carbocycles. The molecule has 1 aromatic heterocycles. The highest BCUT2D eigenvalue weighted by Crippen LogP contribution is 2.17. The van der Waals surface area contributed by atoms with E-state index in [2.05, 4.69) is 25.9 Å². The summed E-state index contributed by atoms with van der Waals surface area (Å²) in [5, 5.41) is 9.05. The Labute approximate surface area is 103 Å². The van der Waals surface area contributed by atoms with Crippen molar-refractivity contribution >= 4 is 21.9 Å². The zero-order chi connectivity index (χ0) is 11.5. The fourth-order valence-electron chi connectivity index (χ4n) is 1.60. The number of anilines is 1. The molecule has 0 saturated carbocycles. The molecular weight excluding hydrogens is 274 g/mol. The van der Waals surface area contributed by atoms with Crippen molar-refractivity contribution in [1.29, 1.82) is 0 Å². The van der Waals surface area contributed by atoms with Crippen molar-refractivity contribution in [3.8, 4) is 0 Å². The van der Waals surface area contributed by atoms with Gasteiger partial charge in [0.2, 0.25) is 5.95 Å². The standard InChI is InChI=1S/C10H14BrN3O2/c1-7-9(11)4-12-10(13-7)14-2-3-16-8(5-14)6-15/h4,8,15H,2-3,5-6H2,1H3/t8-/m0/s1. The maximum absolute atomic E-state index is 9.05. The molecule has 1 aliphatic rings. The summed E-state index contributed by atoms with van der Waals surface area (Å²) >= 11 is 3.37. The second-order valence-electron chi connectivity index (χ2n) is 3.72. The van der Waals surface area contributed by atoms with Crippen LogP contribution in [0, 0.1) is 6.92 Å². The topological polar surface area (TPSA) is 58.5 Å². The summed E-state index contributed by atoms with van der Waals surface area (Å²) in [5.74, 6) is 0.697. The zero-order valence-electron chi connectivity index (χ0n) is 9.06. The molecule has 1 N–H and O–H groups in total. The molecule has 0 unspecified atom stereocenters. The third-order valence-electron chi connectivity index (χ3n) is 2.53. The smallest absolute Gasteiger partial charge is 0.225 e. The Bertz CT molecular complexity index is 375. The number of hydrogen-bond acceptors (Lipinski definition) is 5. The molecule has 0 aliphatic carbocycles. The monoisotopic (exact) mass is 287 g/mol. The van der Waals surface area contributed by atoms with Gasteiger partial charge >= 0.3 is 0 Å². The van der Waals surface area contributed by atoms with Crippen molar-refractivity contribution in [3.63, 3.8) is 0 Å². The Morgan fingerprint density at radius 2 is 2.50 bits per heavy atom. The second-order valence-corrected chi connectivity index (χ2v) is 4.58. The number of aromatic nitrogens is 2. The van der Waals surface area contributed by atoms with Gasteiger partial charge in [-0.25, -0.2) is 9.97 Å². The lowest BCUT2D eigenvalue weighted by atomic mass is 10.3. The first-order chi connectivity index (χ1) is 7.70. The Morgan fingerprint density at radius 1 is 1.69 bits per heavy atom. The van der Waals surface area contributed by atoms with Crippen molar-refractivity contribution in [2.75, 3.05) is 31.2 Å². The minimum Gasteiger partial charge on any atom is -0.394 e. The lowest BCUT2D eigenvalue weighted by Gasteiger charge is -2.32. The number of hydrogen-bond donors (Lipinski definition) is 1. The number of ether oxygens (including phenoxy) is 1. The molecule has 0 bridgehead atoms. The van der Waals surface area contributed by atoms with E-state index < -0.39 is 0 Å². The molecule has 1 fully saturated rings. The van der Waals surface area contributed by atoms with E-state index in [9.17, 15) is 0 Å². The summed E-state index contributed by atoms with van der Waals surface area (Å²) < 4.78 is 6.28. The summed E-state index contributed by atoms with van der Waals surface area (Å²) in [5.41, 5.74) is 0.914. The highest BCUT2D eigenvalue weighted by atomic mass is 79.9. The van der Waals surface area contributed by atoms with Crippen molar-refractivity contribution in [2.45, 2.75) is 13.0 Å². The lowest BCUT2D eigenvalue weighted by Crippen LogP contribution is -2.44. The molecule has 1 aromatic rings. The first-order valence-electron chi connectivity index (χ1n) is 5.17. The van der Waals surface area contributed by atoms with E-state index >= 15 is 0 Å². The SMILES string of the molecule is Cc1nc(N2CCO[C@H](CO)C2)ncc1Br. The molecule has 1 aliphatic heterocycles. The summed E-state index contributed by atoms with van der Waals surface area (Å²) in [4.78, 5) is 10.7. The van der Waals surface area contributed by atoms with Crippen LogP contribution < -0.4 is 4.90 Å². The minimum absolute atomic E-state index is 0.0337. The molecule has 0 amide bonds. The predicted octanol–water partition coefficient (Wildman–Crippen LogP) is 0.745. The first kappa shape index (κ1) is 11.8.